The lowest BCUT2D eigenvalue weighted by atomic mass is 9.99. The van der Waals surface area contributed by atoms with Crippen molar-refractivity contribution in [1.82, 2.24) is 4.98 Å². The average Bonchev–Trinajstić information content (AvgIpc) is 2.92. The van der Waals surface area contributed by atoms with Gasteiger partial charge in [0, 0.05) is 25.9 Å². The molecule has 2 fully saturated rings. The van der Waals surface area contributed by atoms with E-state index < -0.39 is 0 Å². The van der Waals surface area contributed by atoms with E-state index in [9.17, 15) is 5.11 Å². The topological polar surface area (TPSA) is 36.4 Å². The van der Waals surface area contributed by atoms with E-state index in [4.69, 9.17) is 0 Å². The highest BCUT2D eigenvalue weighted by molar-refractivity contribution is 5.40. The van der Waals surface area contributed by atoms with Crippen LogP contribution in [0.25, 0.3) is 0 Å². The van der Waals surface area contributed by atoms with Gasteiger partial charge in [0.2, 0.25) is 0 Å². The van der Waals surface area contributed by atoms with Crippen LogP contribution in [0.2, 0.25) is 0 Å². The van der Waals surface area contributed by atoms with Crippen LogP contribution in [0.5, 0.6) is 0 Å². The van der Waals surface area contributed by atoms with E-state index in [2.05, 4.69) is 22.0 Å². The summed E-state index contributed by atoms with van der Waals surface area (Å²) in [7, 11) is 0. The van der Waals surface area contributed by atoms with Gasteiger partial charge in [-0.2, -0.15) is 0 Å². The molecular formula is C14H20N2O. The SMILES string of the molecule is OCC1(Cc2ccc(N3CCCC3)nc2)CC1. The zero-order valence-corrected chi connectivity index (χ0v) is 10.2. The summed E-state index contributed by atoms with van der Waals surface area (Å²) in [5, 5.41) is 9.32. The third kappa shape index (κ3) is 2.29. The van der Waals surface area contributed by atoms with Gasteiger partial charge in [0.15, 0.2) is 0 Å². The van der Waals surface area contributed by atoms with Gasteiger partial charge in [-0.05, 0) is 49.1 Å². The van der Waals surface area contributed by atoms with Crippen LogP contribution < -0.4 is 4.90 Å². The molecule has 0 spiro atoms. The van der Waals surface area contributed by atoms with Gasteiger partial charge in [-0.1, -0.05) is 6.07 Å². The second kappa shape index (κ2) is 4.30. The minimum absolute atomic E-state index is 0.191. The van der Waals surface area contributed by atoms with Gasteiger partial charge in [-0.15, -0.1) is 0 Å². The van der Waals surface area contributed by atoms with Crippen LogP contribution in [0.3, 0.4) is 0 Å². The van der Waals surface area contributed by atoms with E-state index in [-0.39, 0.29) is 5.41 Å². The summed E-state index contributed by atoms with van der Waals surface area (Å²) >= 11 is 0. The van der Waals surface area contributed by atoms with Crippen molar-refractivity contribution in [3.05, 3.63) is 23.9 Å². The maximum atomic E-state index is 9.32. The summed E-state index contributed by atoms with van der Waals surface area (Å²) in [5.41, 5.74) is 1.45. The molecule has 0 amide bonds. The van der Waals surface area contributed by atoms with Crippen LogP contribution in [0.1, 0.15) is 31.2 Å². The lowest BCUT2D eigenvalue weighted by molar-refractivity contribution is 0.211. The molecule has 2 aliphatic rings. The van der Waals surface area contributed by atoms with Crippen molar-refractivity contribution < 1.29 is 5.11 Å². The Morgan fingerprint density at radius 2 is 2.00 bits per heavy atom. The maximum Gasteiger partial charge on any atom is 0.128 e. The quantitative estimate of drug-likeness (QED) is 0.862. The van der Waals surface area contributed by atoms with Gasteiger partial charge in [-0.25, -0.2) is 4.98 Å². The number of pyridine rings is 1. The Hall–Kier alpha value is -1.09. The van der Waals surface area contributed by atoms with Crippen LogP contribution in [0.15, 0.2) is 18.3 Å². The zero-order chi connectivity index (χ0) is 11.7. The van der Waals surface area contributed by atoms with Crippen molar-refractivity contribution in [3.8, 4) is 0 Å². The Balaban J connectivity index is 1.67. The van der Waals surface area contributed by atoms with Gasteiger partial charge in [-0.3, -0.25) is 0 Å². The fourth-order valence-electron chi connectivity index (χ4n) is 2.66. The molecule has 92 valence electrons. The van der Waals surface area contributed by atoms with E-state index in [0.717, 1.165) is 38.2 Å². The Morgan fingerprint density at radius 3 is 2.53 bits per heavy atom. The number of aliphatic hydroxyl groups is 1. The van der Waals surface area contributed by atoms with Crippen LogP contribution in [-0.4, -0.2) is 29.8 Å². The van der Waals surface area contributed by atoms with Gasteiger partial charge < -0.3 is 10.0 Å². The highest BCUT2D eigenvalue weighted by atomic mass is 16.3. The molecule has 1 aliphatic carbocycles. The van der Waals surface area contributed by atoms with E-state index >= 15 is 0 Å². The summed E-state index contributed by atoms with van der Waals surface area (Å²) in [6.07, 6.45) is 7.88. The molecule has 0 aromatic carbocycles. The third-order valence-corrected chi connectivity index (χ3v) is 4.11. The molecule has 0 atom stereocenters. The Bertz CT molecular complexity index is 378. The van der Waals surface area contributed by atoms with Crippen LogP contribution in [0.4, 0.5) is 5.82 Å². The van der Waals surface area contributed by atoms with Crippen molar-refractivity contribution >= 4 is 5.82 Å². The fourth-order valence-corrected chi connectivity index (χ4v) is 2.66. The molecular weight excluding hydrogens is 212 g/mol. The molecule has 0 bridgehead atoms. The van der Waals surface area contributed by atoms with Crippen molar-refractivity contribution in [2.75, 3.05) is 24.6 Å². The molecule has 2 heterocycles. The lowest BCUT2D eigenvalue weighted by Gasteiger charge is -2.17. The Labute approximate surface area is 102 Å². The summed E-state index contributed by atoms with van der Waals surface area (Å²) in [4.78, 5) is 6.90. The minimum Gasteiger partial charge on any atom is -0.396 e. The van der Waals surface area contributed by atoms with E-state index in [1.165, 1.54) is 18.4 Å². The molecule has 1 saturated heterocycles. The lowest BCUT2D eigenvalue weighted by Crippen LogP contribution is -2.19. The first-order valence-corrected chi connectivity index (χ1v) is 6.62. The van der Waals surface area contributed by atoms with Gasteiger partial charge in [0.05, 0.1) is 0 Å². The zero-order valence-electron chi connectivity index (χ0n) is 10.2. The first kappa shape index (κ1) is 11.0. The number of rotatable bonds is 4. The smallest absolute Gasteiger partial charge is 0.128 e. The van der Waals surface area contributed by atoms with Crippen molar-refractivity contribution in [1.29, 1.82) is 0 Å². The number of hydrogen-bond acceptors (Lipinski definition) is 3. The molecule has 0 radical (unpaired) electrons. The highest BCUT2D eigenvalue weighted by Gasteiger charge is 2.41. The highest BCUT2D eigenvalue weighted by Crippen LogP contribution is 2.47. The maximum absolute atomic E-state index is 9.32. The predicted molar refractivity (Wildman–Crippen MR) is 68.1 cm³/mol. The summed E-state index contributed by atoms with van der Waals surface area (Å²) in [6.45, 7) is 2.61. The van der Waals surface area contributed by atoms with Gasteiger partial charge >= 0.3 is 0 Å². The number of aromatic nitrogens is 1. The molecule has 1 N–H and O–H groups in total. The first-order chi connectivity index (χ1) is 8.31. The van der Waals surface area contributed by atoms with Crippen molar-refractivity contribution in [2.45, 2.75) is 32.1 Å². The van der Waals surface area contributed by atoms with E-state index in [1.54, 1.807) is 0 Å². The Morgan fingerprint density at radius 1 is 1.24 bits per heavy atom. The normalized spacial score (nSPS) is 21.8. The monoisotopic (exact) mass is 232 g/mol. The van der Waals surface area contributed by atoms with Crippen molar-refractivity contribution in [2.24, 2.45) is 5.41 Å². The first-order valence-electron chi connectivity index (χ1n) is 6.62. The molecule has 17 heavy (non-hydrogen) atoms. The predicted octanol–water partition coefficient (Wildman–Crippen LogP) is 2.00. The largest absolute Gasteiger partial charge is 0.396 e. The average molecular weight is 232 g/mol. The summed E-state index contributed by atoms with van der Waals surface area (Å²) < 4.78 is 0. The number of aliphatic hydroxyl groups excluding tert-OH is 1. The minimum atomic E-state index is 0.191. The number of nitrogens with zero attached hydrogens (tertiary/aromatic N) is 2. The second-order valence-electron chi connectivity index (χ2n) is 5.55. The van der Waals surface area contributed by atoms with E-state index in [0.29, 0.717) is 6.61 Å². The van der Waals surface area contributed by atoms with Crippen LogP contribution >= 0.6 is 0 Å². The number of hydrogen-bond donors (Lipinski definition) is 1. The third-order valence-electron chi connectivity index (χ3n) is 4.11. The summed E-state index contributed by atoms with van der Waals surface area (Å²) in [5.74, 6) is 1.11. The van der Waals surface area contributed by atoms with Gasteiger partial charge in [0.25, 0.3) is 0 Å². The standard InChI is InChI=1S/C14H20N2O/c17-11-14(5-6-14)9-12-3-4-13(15-10-12)16-7-1-2-8-16/h3-4,10,17H,1-2,5-9,11H2. The van der Waals surface area contributed by atoms with Gasteiger partial charge in [0.1, 0.15) is 5.82 Å². The number of anilines is 1. The molecule has 3 heteroatoms. The molecule has 1 saturated carbocycles. The molecule has 3 rings (SSSR count). The van der Waals surface area contributed by atoms with E-state index in [1.807, 2.05) is 6.20 Å². The summed E-state index contributed by atoms with van der Waals surface area (Å²) in [6, 6.07) is 4.31. The molecule has 1 aromatic heterocycles. The van der Waals surface area contributed by atoms with Crippen LogP contribution in [-0.2, 0) is 6.42 Å². The molecule has 1 aliphatic heterocycles. The van der Waals surface area contributed by atoms with Crippen LogP contribution in [0, 0.1) is 5.41 Å². The molecule has 0 unspecified atom stereocenters. The fraction of sp³-hybridized carbons (Fsp3) is 0.643. The molecule has 1 aromatic rings. The second-order valence-corrected chi connectivity index (χ2v) is 5.55. The molecule has 3 nitrogen and oxygen atoms in total. The van der Waals surface area contributed by atoms with Crippen molar-refractivity contribution in [3.63, 3.8) is 0 Å². The Kier molecular flexibility index (Phi) is 2.79.